The molecule has 0 aliphatic heterocycles. The van der Waals surface area contributed by atoms with Crippen molar-refractivity contribution >= 4 is 55.8 Å². The first-order chi connectivity index (χ1) is 8.56. The van der Waals surface area contributed by atoms with Crippen molar-refractivity contribution in [3.05, 3.63) is 45.4 Å². The molecular formula is C10H6BrCl2N3OS. The van der Waals surface area contributed by atoms with Crippen LogP contribution in [0, 0.1) is 0 Å². The van der Waals surface area contributed by atoms with Crippen LogP contribution in [0.25, 0.3) is 0 Å². The molecule has 0 spiro atoms. The molecular weight excluding hydrogens is 361 g/mol. The van der Waals surface area contributed by atoms with Gasteiger partial charge in [-0.2, -0.15) is 0 Å². The van der Waals surface area contributed by atoms with Crippen LogP contribution < -0.4 is 4.72 Å². The van der Waals surface area contributed by atoms with E-state index in [4.69, 9.17) is 23.2 Å². The summed E-state index contributed by atoms with van der Waals surface area (Å²) in [5.41, 5.74) is 0.587. The van der Waals surface area contributed by atoms with Crippen LogP contribution in [0.5, 0.6) is 0 Å². The Labute approximate surface area is 124 Å². The van der Waals surface area contributed by atoms with Gasteiger partial charge in [0.15, 0.2) is 11.0 Å². The first-order valence-corrected chi connectivity index (χ1v) is 7.37. The zero-order chi connectivity index (χ0) is 13.1. The lowest BCUT2D eigenvalue weighted by Gasteiger charge is -2.07. The molecule has 2 aromatic heterocycles. The van der Waals surface area contributed by atoms with Gasteiger partial charge in [0.1, 0.15) is 10.3 Å². The van der Waals surface area contributed by atoms with Crippen LogP contribution in [0.2, 0.25) is 10.3 Å². The van der Waals surface area contributed by atoms with Crippen LogP contribution in [0.3, 0.4) is 0 Å². The van der Waals surface area contributed by atoms with Gasteiger partial charge in [0.25, 0.3) is 0 Å². The molecule has 0 amide bonds. The molecule has 0 radical (unpaired) electrons. The predicted octanol–water partition coefficient (Wildman–Crippen LogP) is 3.68. The van der Waals surface area contributed by atoms with E-state index in [0.717, 1.165) is 0 Å². The summed E-state index contributed by atoms with van der Waals surface area (Å²) in [5, 5.41) is 0.500. The maximum atomic E-state index is 12.1. The Hall–Kier alpha value is -0.690. The standard InChI is InChI=1S/C10H6BrCl2N3OS/c11-6-3-8(10(13)15-5-6)18(17)16-7-1-2-14-9(12)4-7/h1-5H,(H,14,16). The maximum Gasteiger partial charge on any atom is 0.153 e. The van der Waals surface area contributed by atoms with E-state index in [1.165, 1.54) is 12.4 Å². The van der Waals surface area contributed by atoms with E-state index in [1.807, 2.05) is 0 Å². The van der Waals surface area contributed by atoms with Crippen molar-refractivity contribution in [3.63, 3.8) is 0 Å². The molecule has 0 saturated carbocycles. The third kappa shape index (κ3) is 3.41. The van der Waals surface area contributed by atoms with Gasteiger partial charge in [0.2, 0.25) is 0 Å². The van der Waals surface area contributed by atoms with E-state index in [1.54, 1.807) is 18.2 Å². The molecule has 0 aliphatic rings. The van der Waals surface area contributed by atoms with Crippen molar-refractivity contribution in [1.29, 1.82) is 0 Å². The lowest BCUT2D eigenvalue weighted by Crippen LogP contribution is -2.06. The molecule has 2 heterocycles. The fourth-order valence-corrected chi connectivity index (χ4v) is 3.02. The van der Waals surface area contributed by atoms with E-state index in [-0.39, 0.29) is 5.15 Å². The number of hydrogen-bond donors (Lipinski definition) is 1. The van der Waals surface area contributed by atoms with E-state index >= 15 is 0 Å². The summed E-state index contributed by atoms with van der Waals surface area (Å²) < 4.78 is 15.6. The molecule has 4 nitrogen and oxygen atoms in total. The molecule has 8 heteroatoms. The number of nitrogens with zero attached hydrogens (tertiary/aromatic N) is 2. The van der Waals surface area contributed by atoms with Gasteiger partial charge in [0.05, 0.1) is 10.6 Å². The Balaban J connectivity index is 2.24. The van der Waals surface area contributed by atoms with E-state index in [9.17, 15) is 4.21 Å². The van der Waals surface area contributed by atoms with Crippen molar-refractivity contribution < 1.29 is 4.21 Å². The van der Waals surface area contributed by atoms with Crippen molar-refractivity contribution in [2.75, 3.05) is 4.72 Å². The second kappa shape index (κ2) is 5.97. The zero-order valence-corrected chi connectivity index (χ0v) is 12.6. The topological polar surface area (TPSA) is 54.9 Å². The summed E-state index contributed by atoms with van der Waals surface area (Å²) in [6.07, 6.45) is 3.05. The highest BCUT2D eigenvalue weighted by atomic mass is 79.9. The van der Waals surface area contributed by atoms with Crippen LogP contribution in [-0.4, -0.2) is 14.2 Å². The fourth-order valence-electron chi connectivity index (χ4n) is 1.16. The molecule has 0 aromatic carbocycles. The van der Waals surface area contributed by atoms with Crippen LogP contribution in [0.4, 0.5) is 5.69 Å². The first-order valence-electron chi connectivity index (χ1n) is 4.67. The van der Waals surface area contributed by atoms with Gasteiger partial charge in [0, 0.05) is 16.9 Å². The summed E-state index contributed by atoms with van der Waals surface area (Å²) >= 11 is 14.9. The second-order valence-electron chi connectivity index (χ2n) is 3.18. The molecule has 1 unspecified atom stereocenters. The first kappa shape index (κ1) is 13.7. The van der Waals surface area contributed by atoms with Crippen LogP contribution in [0.15, 0.2) is 40.0 Å². The number of halogens is 3. The summed E-state index contributed by atoms with van der Waals surface area (Å²) in [5.74, 6) is 0. The number of aromatic nitrogens is 2. The minimum Gasteiger partial charge on any atom is -0.301 e. The van der Waals surface area contributed by atoms with Gasteiger partial charge in [-0.15, -0.1) is 0 Å². The highest BCUT2D eigenvalue weighted by Gasteiger charge is 2.11. The molecule has 0 bridgehead atoms. The van der Waals surface area contributed by atoms with Gasteiger partial charge in [-0.1, -0.05) is 23.2 Å². The average Bonchev–Trinajstić information content (AvgIpc) is 2.32. The van der Waals surface area contributed by atoms with E-state index in [0.29, 0.717) is 20.2 Å². The monoisotopic (exact) mass is 365 g/mol. The predicted molar refractivity (Wildman–Crippen MR) is 76.2 cm³/mol. The SMILES string of the molecule is O=S(Nc1ccnc(Cl)c1)c1cc(Br)cnc1Cl. The lowest BCUT2D eigenvalue weighted by molar-refractivity contribution is 0.686. The van der Waals surface area contributed by atoms with E-state index < -0.39 is 11.0 Å². The highest BCUT2D eigenvalue weighted by Crippen LogP contribution is 2.23. The van der Waals surface area contributed by atoms with Gasteiger partial charge in [-0.3, -0.25) is 0 Å². The van der Waals surface area contributed by atoms with Gasteiger partial charge >= 0.3 is 0 Å². The van der Waals surface area contributed by atoms with Crippen molar-refractivity contribution in [3.8, 4) is 0 Å². The quantitative estimate of drug-likeness (QED) is 0.843. The molecule has 0 saturated heterocycles. The number of anilines is 1. The number of rotatable bonds is 3. The fraction of sp³-hybridized carbons (Fsp3) is 0. The van der Waals surface area contributed by atoms with Crippen LogP contribution >= 0.6 is 39.1 Å². The van der Waals surface area contributed by atoms with Gasteiger partial charge in [-0.25, -0.2) is 14.2 Å². The van der Waals surface area contributed by atoms with E-state index in [2.05, 4.69) is 30.6 Å². The largest absolute Gasteiger partial charge is 0.301 e. The molecule has 2 rings (SSSR count). The van der Waals surface area contributed by atoms with Gasteiger partial charge in [-0.05, 0) is 34.1 Å². The smallest absolute Gasteiger partial charge is 0.153 e. The van der Waals surface area contributed by atoms with Crippen molar-refractivity contribution in [2.45, 2.75) is 4.90 Å². The normalized spacial score (nSPS) is 12.2. The Kier molecular flexibility index (Phi) is 4.55. The molecule has 1 N–H and O–H groups in total. The van der Waals surface area contributed by atoms with Gasteiger partial charge < -0.3 is 4.72 Å². The number of pyridine rings is 2. The van der Waals surface area contributed by atoms with Crippen molar-refractivity contribution in [1.82, 2.24) is 9.97 Å². The molecule has 2 aromatic rings. The van der Waals surface area contributed by atoms with Crippen LogP contribution in [0.1, 0.15) is 0 Å². The minimum absolute atomic E-state index is 0.184. The number of hydrogen-bond acceptors (Lipinski definition) is 3. The summed E-state index contributed by atoms with van der Waals surface area (Å²) in [4.78, 5) is 8.13. The summed E-state index contributed by atoms with van der Waals surface area (Å²) in [7, 11) is -1.53. The Morgan fingerprint density at radius 3 is 2.78 bits per heavy atom. The third-order valence-corrected chi connectivity index (χ3v) is 4.10. The second-order valence-corrected chi connectivity index (χ2v) is 6.02. The lowest BCUT2D eigenvalue weighted by atomic mass is 10.4. The summed E-state index contributed by atoms with van der Waals surface area (Å²) in [6, 6.07) is 4.86. The zero-order valence-electron chi connectivity index (χ0n) is 8.73. The van der Waals surface area contributed by atoms with Crippen molar-refractivity contribution in [2.24, 2.45) is 0 Å². The Bertz CT molecular complexity index is 611. The molecule has 18 heavy (non-hydrogen) atoms. The maximum absolute atomic E-state index is 12.1. The Morgan fingerprint density at radius 2 is 2.06 bits per heavy atom. The number of nitrogens with one attached hydrogen (secondary N) is 1. The summed E-state index contributed by atoms with van der Waals surface area (Å²) in [6.45, 7) is 0. The third-order valence-electron chi connectivity index (χ3n) is 1.91. The Morgan fingerprint density at radius 1 is 1.28 bits per heavy atom. The molecule has 0 aliphatic carbocycles. The minimum atomic E-state index is -1.53. The molecule has 1 atom stereocenters. The highest BCUT2D eigenvalue weighted by molar-refractivity contribution is 9.10. The molecule has 0 fully saturated rings. The molecule has 94 valence electrons. The van der Waals surface area contributed by atoms with Crippen LogP contribution in [-0.2, 0) is 11.0 Å². The average molecular weight is 367 g/mol.